The van der Waals surface area contributed by atoms with Crippen LogP contribution in [-0.4, -0.2) is 44.2 Å². The van der Waals surface area contributed by atoms with Crippen LogP contribution in [0.4, 0.5) is 18.9 Å². The molecule has 2 aliphatic heterocycles. The number of benzene rings is 1. The highest BCUT2D eigenvalue weighted by atomic mass is 19.4. The molecule has 1 saturated heterocycles. The van der Waals surface area contributed by atoms with E-state index in [1.54, 1.807) is 12.1 Å². The molecule has 6 heteroatoms. The van der Waals surface area contributed by atoms with E-state index in [0.717, 1.165) is 69.3 Å². The monoisotopic (exact) mass is 354 g/mol. The molecule has 0 aromatic heterocycles. The first-order chi connectivity index (χ1) is 11.7. The first kappa shape index (κ1) is 18.1. The van der Waals surface area contributed by atoms with Gasteiger partial charge in [-0.1, -0.05) is 13.8 Å². The summed E-state index contributed by atoms with van der Waals surface area (Å²) in [5, 5.41) is 0. The van der Waals surface area contributed by atoms with Gasteiger partial charge < -0.3 is 9.64 Å². The van der Waals surface area contributed by atoms with Crippen LogP contribution in [0.2, 0.25) is 0 Å². The summed E-state index contributed by atoms with van der Waals surface area (Å²) in [6, 6.07) is 5.45. The molecular formula is C19H25F3N2O. The van der Waals surface area contributed by atoms with Gasteiger partial charge in [0.2, 0.25) is 0 Å². The lowest BCUT2D eigenvalue weighted by molar-refractivity contribution is -0.137. The second-order valence-corrected chi connectivity index (χ2v) is 7.51. The van der Waals surface area contributed by atoms with Crippen molar-refractivity contribution in [1.82, 2.24) is 4.90 Å². The van der Waals surface area contributed by atoms with E-state index in [1.807, 2.05) is 0 Å². The zero-order valence-corrected chi connectivity index (χ0v) is 14.8. The lowest BCUT2D eigenvalue weighted by Gasteiger charge is -2.36. The fraction of sp³-hybridized carbons (Fsp3) is 0.579. The fourth-order valence-corrected chi connectivity index (χ4v) is 3.30. The summed E-state index contributed by atoms with van der Waals surface area (Å²) in [4.78, 5) is 4.53. The number of hydrogen-bond acceptors (Lipinski definition) is 3. The maximum Gasteiger partial charge on any atom is 0.416 e. The number of alkyl halides is 3. The average molecular weight is 354 g/mol. The molecule has 3 rings (SSSR count). The molecule has 25 heavy (non-hydrogen) atoms. The maximum absolute atomic E-state index is 12.6. The number of ether oxygens (including phenoxy) is 1. The van der Waals surface area contributed by atoms with E-state index in [4.69, 9.17) is 4.74 Å². The molecule has 1 aromatic carbocycles. The van der Waals surface area contributed by atoms with E-state index in [9.17, 15) is 13.2 Å². The summed E-state index contributed by atoms with van der Waals surface area (Å²) in [6.07, 6.45) is -1.14. The fourth-order valence-electron chi connectivity index (χ4n) is 3.30. The van der Waals surface area contributed by atoms with Gasteiger partial charge in [-0.15, -0.1) is 0 Å². The van der Waals surface area contributed by atoms with E-state index >= 15 is 0 Å². The van der Waals surface area contributed by atoms with Gasteiger partial charge in [-0.3, -0.25) is 4.90 Å². The third-order valence-electron chi connectivity index (χ3n) is 4.79. The van der Waals surface area contributed by atoms with Crippen LogP contribution in [0.25, 0.3) is 0 Å². The predicted molar refractivity (Wildman–Crippen MR) is 92.5 cm³/mol. The Hall–Kier alpha value is -1.69. The topological polar surface area (TPSA) is 15.7 Å². The van der Waals surface area contributed by atoms with Crippen molar-refractivity contribution in [3.63, 3.8) is 0 Å². The van der Waals surface area contributed by atoms with Crippen LogP contribution in [0, 0.1) is 5.41 Å². The number of anilines is 1. The van der Waals surface area contributed by atoms with Gasteiger partial charge in [0, 0.05) is 50.2 Å². The Kier molecular flexibility index (Phi) is 5.00. The Labute approximate surface area is 147 Å². The first-order valence-corrected chi connectivity index (χ1v) is 8.72. The highest BCUT2D eigenvalue weighted by molar-refractivity contribution is 5.48. The number of nitrogens with zero attached hydrogens (tertiary/aromatic N) is 2. The van der Waals surface area contributed by atoms with Crippen LogP contribution in [0.1, 0.15) is 25.8 Å². The van der Waals surface area contributed by atoms with Crippen molar-refractivity contribution in [2.75, 3.05) is 44.2 Å². The van der Waals surface area contributed by atoms with Gasteiger partial charge in [0.1, 0.15) is 0 Å². The van der Waals surface area contributed by atoms with Crippen molar-refractivity contribution in [3.8, 4) is 0 Å². The second kappa shape index (κ2) is 6.90. The van der Waals surface area contributed by atoms with E-state index in [2.05, 4.69) is 29.7 Å². The van der Waals surface area contributed by atoms with Crippen LogP contribution < -0.4 is 4.90 Å². The van der Waals surface area contributed by atoms with Gasteiger partial charge >= 0.3 is 6.18 Å². The number of piperazine rings is 1. The largest absolute Gasteiger partial charge is 0.497 e. The maximum atomic E-state index is 12.6. The van der Waals surface area contributed by atoms with Crippen LogP contribution in [0.5, 0.6) is 0 Å². The smallest absolute Gasteiger partial charge is 0.416 e. The van der Waals surface area contributed by atoms with Crippen molar-refractivity contribution in [2.24, 2.45) is 5.41 Å². The number of hydrogen-bond donors (Lipinski definition) is 0. The van der Waals surface area contributed by atoms with Gasteiger partial charge in [-0.05, 0) is 30.3 Å². The molecule has 0 amide bonds. The molecule has 0 N–H and O–H groups in total. The second-order valence-electron chi connectivity index (χ2n) is 7.51. The zero-order valence-electron chi connectivity index (χ0n) is 14.8. The van der Waals surface area contributed by atoms with E-state index in [0.29, 0.717) is 0 Å². The van der Waals surface area contributed by atoms with Gasteiger partial charge in [0.25, 0.3) is 0 Å². The molecule has 0 atom stereocenters. The van der Waals surface area contributed by atoms with Crippen LogP contribution in [-0.2, 0) is 10.9 Å². The molecule has 0 unspecified atom stereocenters. The van der Waals surface area contributed by atoms with Gasteiger partial charge in [-0.2, -0.15) is 13.2 Å². The average Bonchev–Trinajstić information content (AvgIpc) is 2.92. The molecule has 0 radical (unpaired) electrons. The number of halogens is 3. The predicted octanol–water partition coefficient (Wildman–Crippen LogP) is 4.16. The summed E-state index contributed by atoms with van der Waals surface area (Å²) in [5.74, 6) is 1.08. The normalized spacial score (nSPS) is 21.2. The summed E-state index contributed by atoms with van der Waals surface area (Å²) in [6.45, 7) is 9.54. The zero-order chi connectivity index (χ0) is 18.1. The van der Waals surface area contributed by atoms with Crippen molar-refractivity contribution in [3.05, 3.63) is 41.7 Å². The minimum absolute atomic E-state index is 0.136. The molecule has 1 aromatic rings. The molecule has 0 saturated carbocycles. The Bertz CT molecular complexity index is 615. The number of rotatable bonds is 4. The Balaban J connectivity index is 1.47. The van der Waals surface area contributed by atoms with Gasteiger partial charge in [0.15, 0.2) is 0 Å². The molecule has 2 heterocycles. The third kappa shape index (κ3) is 4.69. The first-order valence-electron chi connectivity index (χ1n) is 8.72. The molecule has 138 valence electrons. The Morgan fingerprint density at radius 1 is 1.04 bits per heavy atom. The van der Waals surface area contributed by atoms with Crippen molar-refractivity contribution >= 4 is 5.69 Å². The highest BCUT2D eigenvalue weighted by Gasteiger charge is 2.30. The lowest BCUT2D eigenvalue weighted by atomic mass is 9.96. The minimum Gasteiger partial charge on any atom is -0.497 e. The van der Waals surface area contributed by atoms with E-state index < -0.39 is 11.7 Å². The standard InChI is InChI=1S/C19H25F3N2O/c1-18(2)13-17(25-14-18)7-8-23-9-11-24(12-10-23)16-5-3-15(4-6-16)19(20,21)22/h3-6,13H,7-12,14H2,1-2H3. The summed E-state index contributed by atoms with van der Waals surface area (Å²) in [7, 11) is 0. The van der Waals surface area contributed by atoms with Crippen LogP contribution >= 0.6 is 0 Å². The summed E-state index contributed by atoms with van der Waals surface area (Å²) >= 11 is 0. The quantitative estimate of drug-likeness (QED) is 0.808. The van der Waals surface area contributed by atoms with Gasteiger partial charge in [0.05, 0.1) is 17.9 Å². The minimum atomic E-state index is -4.28. The molecule has 3 nitrogen and oxygen atoms in total. The molecule has 0 aliphatic carbocycles. The van der Waals surface area contributed by atoms with E-state index in [1.165, 1.54) is 0 Å². The van der Waals surface area contributed by atoms with Crippen molar-refractivity contribution in [2.45, 2.75) is 26.4 Å². The summed E-state index contributed by atoms with van der Waals surface area (Å²) in [5.41, 5.74) is 0.398. The Morgan fingerprint density at radius 3 is 2.20 bits per heavy atom. The van der Waals surface area contributed by atoms with Gasteiger partial charge in [-0.25, -0.2) is 0 Å². The highest BCUT2D eigenvalue weighted by Crippen LogP contribution is 2.31. The SMILES string of the molecule is CC1(C)C=C(CCN2CCN(c3ccc(C(F)(F)F)cc3)CC2)OC1. The van der Waals surface area contributed by atoms with Crippen molar-refractivity contribution < 1.29 is 17.9 Å². The van der Waals surface area contributed by atoms with E-state index in [-0.39, 0.29) is 5.41 Å². The van der Waals surface area contributed by atoms with Crippen molar-refractivity contribution in [1.29, 1.82) is 0 Å². The van der Waals surface area contributed by atoms with Crippen LogP contribution in [0.15, 0.2) is 36.1 Å². The third-order valence-corrected chi connectivity index (χ3v) is 4.79. The summed E-state index contributed by atoms with van der Waals surface area (Å²) < 4.78 is 43.6. The molecule has 2 aliphatic rings. The molecular weight excluding hydrogens is 329 g/mol. The Morgan fingerprint density at radius 2 is 1.68 bits per heavy atom. The van der Waals surface area contributed by atoms with Crippen LogP contribution in [0.3, 0.4) is 0 Å². The molecule has 1 fully saturated rings. The molecule has 0 spiro atoms. The lowest BCUT2D eigenvalue weighted by Crippen LogP contribution is -2.46. The molecule has 0 bridgehead atoms.